The topological polar surface area (TPSA) is 98.5 Å². The Morgan fingerprint density at radius 1 is 1.40 bits per heavy atom. The van der Waals surface area contributed by atoms with Crippen molar-refractivity contribution in [3.8, 4) is 5.75 Å². The molecule has 7 heteroatoms. The van der Waals surface area contributed by atoms with E-state index in [2.05, 4.69) is 5.32 Å². The molecule has 1 amide bonds. The first-order chi connectivity index (χ1) is 9.38. The van der Waals surface area contributed by atoms with Crippen molar-refractivity contribution in [2.24, 2.45) is 0 Å². The van der Waals surface area contributed by atoms with Crippen LogP contribution in [-0.2, 0) is 14.6 Å². The molecule has 20 heavy (non-hydrogen) atoms. The van der Waals surface area contributed by atoms with E-state index in [9.17, 15) is 13.2 Å². The molecule has 0 saturated carbocycles. The van der Waals surface area contributed by atoms with Crippen molar-refractivity contribution in [2.75, 3.05) is 29.7 Å². The molecule has 0 spiro atoms. The fraction of sp³-hybridized carbons (Fsp3) is 0.462. The molecule has 112 valence electrons. The molecule has 0 atom stereocenters. The lowest BCUT2D eigenvalue weighted by atomic mass is 10.2. The number of methoxy groups -OCH3 is 1. The Kier molecular flexibility index (Phi) is 5.82. The van der Waals surface area contributed by atoms with E-state index >= 15 is 0 Å². The maximum atomic E-state index is 11.7. The number of unbranched alkanes of at least 4 members (excludes halogenated alkanes) is 1. The van der Waals surface area contributed by atoms with Crippen LogP contribution < -0.4 is 15.8 Å². The maximum absolute atomic E-state index is 11.7. The second-order valence-electron chi connectivity index (χ2n) is 4.45. The summed E-state index contributed by atoms with van der Waals surface area (Å²) < 4.78 is 28.3. The molecule has 0 fully saturated rings. The summed E-state index contributed by atoms with van der Waals surface area (Å²) in [4.78, 5) is 11.7. The summed E-state index contributed by atoms with van der Waals surface area (Å²) in [7, 11) is -1.86. The van der Waals surface area contributed by atoms with E-state index in [-0.39, 0.29) is 5.75 Å². The minimum absolute atomic E-state index is 0.0228. The average Bonchev–Trinajstić information content (AvgIpc) is 2.38. The molecule has 0 unspecified atom stereocenters. The maximum Gasteiger partial charge on any atom is 0.239 e. The molecule has 0 bridgehead atoms. The Bertz CT molecular complexity index is 570. The van der Waals surface area contributed by atoms with Gasteiger partial charge in [-0.05, 0) is 18.6 Å². The first-order valence-electron chi connectivity index (χ1n) is 6.31. The van der Waals surface area contributed by atoms with Crippen LogP contribution in [0.15, 0.2) is 18.2 Å². The molecule has 0 aromatic heterocycles. The molecule has 3 N–H and O–H groups in total. The number of amides is 1. The molecular weight excluding hydrogens is 280 g/mol. The fourth-order valence-electron chi connectivity index (χ4n) is 1.60. The van der Waals surface area contributed by atoms with Crippen LogP contribution in [0.2, 0.25) is 0 Å². The van der Waals surface area contributed by atoms with Gasteiger partial charge in [-0.1, -0.05) is 13.3 Å². The summed E-state index contributed by atoms with van der Waals surface area (Å²) >= 11 is 0. The van der Waals surface area contributed by atoms with Crippen molar-refractivity contribution in [3.05, 3.63) is 18.2 Å². The number of sulfone groups is 1. The van der Waals surface area contributed by atoms with Crippen LogP contribution in [0.5, 0.6) is 5.75 Å². The van der Waals surface area contributed by atoms with Crippen LogP contribution in [-0.4, -0.2) is 32.9 Å². The molecule has 0 heterocycles. The molecular formula is C13H20N2O4S. The van der Waals surface area contributed by atoms with E-state index in [4.69, 9.17) is 10.5 Å². The Balaban J connectivity index is 2.67. The standard InChI is InChI=1S/C13H20N2O4S/c1-3-4-7-20(17,18)9-13(16)15-12-6-5-10(19-2)8-11(12)14/h5-6,8H,3-4,7,9,14H2,1-2H3,(H,15,16). The number of carbonyl (C=O) groups excluding carboxylic acids is 1. The predicted octanol–water partition coefficient (Wildman–Crippen LogP) is 1.43. The van der Waals surface area contributed by atoms with E-state index < -0.39 is 21.5 Å². The SMILES string of the molecule is CCCCS(=O)(=O)CC(=O)Nc1ccc(OC)cc1N. The Labute approximate surface area is 119 Å². The number of nitrogens with one attached hydrogen (secondary N) is 1. The van der Waals surface area contributed by atoms with Gasteiger partial charge in [0.25, 0.3) is 0 Å². The number of rotatable bonds is 7. The van der Waals surface area contributed by atoms with E-state index in [0.29, 0.717) is 23.5 Å². The molecule has 6 nitrogen and oxygen atoms in total. The lowest BCUT2D eigenvalue weighted by molar-refractivity contribution is -0.113. The Morgan fingerprint density at radius 2 is 2.10 bits per heavy atom. The van der Waals surface area contributed by atoms with Gasteiger partial charge >= 0.3 is 0 Å². The average molecular weight is 300 g/mol. The second kappa shape index (κ2) is 7.14. The number of hydrogen-bond donors (Lipinski definition) is 2. The van der Waals surface area contributed by atoms with Crippen molar-refractivity contribution >= 4 is 27.1 Å². The van der Waals surface area contributed by atoms with Gasteiger partial charge in [0.2, 0.25) is 5.91 Å². The van der Waals surface area contributed by atoms with Gasteiger partial charge in [-0.3, -0.25) is 4.79 Å². The summed E-state index contributed by atoms with van der Waals surface area (Å²) in [6.07, 6.45) is 1.33. The molecule has 1 rings (SSSR count). The minimum atomic E-state index is -3.37. The van der Waals surface area contributed by atoms with Gasteiger partial charge in [0.05, 0.1) is 24.2 Å². The summed E-state index contributed by atoms with van der Waals surface area (Å²) in [5.74, 6) is -0.526. The van der Waals surface area contributed by atoms with Crippen LogP contribution in [0, 0.1) is 0 Å². The monoisotopic (exact) mass is 300 g/mol. The van der Waals surface area contributed by atoms with E-state index in [1.54, 1.807) is 18.2 Å². The van der Waals surface area contributed by atoms with Crippen molar-refractivity contribution < 1.29 is 17.9 Å². The summed E-state index contributed by atoms with van der Waals surface area (Å²) in [6.45, 7) is 1.90. The van der Waals surface area contributed by atoms with Gasteiger partial charge in [0, 0.05) is 6.07 Å². The van der Waals surface area contributed by atoms with Gasteiger partial charge in [0.1, 0.15) is 11.5 Å². The number of anilines is 2. The molecule has 1 aromatic carbocycles. The zero-order valence-electron chi connectivity index (χ0n) is 11.7. The third-order valence-corrected chi connectivity index (χ3v) is 4.31. The van der Waals surface area contributed by atoms with E-state index in [1.807, 2.05) is 6.92 Å². The molecule has 0 aliphatic rings. The highest BCUT2D eigenvalue weighted by molar-refractivity contribution is 7.92. The molecule has 0 radical (unpaired) electrons. The first kappa shape index (κ1) is 16.3. The van der Waals surface area contributed by atoms with Crippen LogP contribution >= 0.6 is 0 Å². The molecule has 0 aliphatic carbocycles. The van der Waals surface area contributed by atoms with Crippen LogP contribution in [0.3, 0.4) is 0 Å². The van der Waals surface area contributed by atoms with Crippen LogP contribution in [0.1, 0.15) is 19.8 Å². The van der Waals surface area contributed by atoms with Crippen molar-refractivity contribution in [3.63, 3.8) is 0 Å². The lowest BCUT2D eigenvalue weighted by Crippen LogP contribution is -2.25. The number of carbonyl (C=O) groups is 1. The molecule has 0 saturated heterocycles. The highest BCUT2D eigenvalue weighted by atomic mass is 32.2. The summed E-state index contributed by atoms with van der Waals surface area (Å²) in [5, 5.41) is 2.50. The highest BCUT2D eigenvalue weighted by Crippen LogP contribution is 2.23. The number of nitrogen functional groups attached to an aromatic ring is 1. The third kappa shape index (κ3) is 5.08. The summed E-state index contributed by atoms with van der Waals surface area (Å²) in [6, 6.07) is 4.77. The van der Waals surface area contributed by atoms with E-state index in [1.165, 1.54) is 7.11 Å². The van der Waals surface area contributed by atoms with E-state index in [0.717, 1.165) is 6.42 Å². The largest absolute Gasteiger partial charge is 0.497 e. The second-order valence-corrected chi connectivity index (χ2v) is 6.63. The quantitative estimate of drug-likeness (QED) is 0.742. The fourth-order valence-corrected chi connectivity index (χ4v) is 2.95. The van der Waals surface area contributed by atoms with Gasteiger partial charge in [-0.2, -0.15) is 0 Å². The number of benzene rings is 1. The van der Waals surface area contributed by atoms with Crippen molar-refractivity contribution in [1.82, 2.24) is 0 Å². The number of ether oxygens (including phenoxy) is 1. The first-order valence-corrected chi connectivity index (χ1v) is 8.14. The van der Waals surface area contributed by atoms with Crippen molar-refractivity contribution in [1.29, 1.82) is 0 Å². The zero-order valence-corrected chi connectivity index (χ0v) is 12.5. The van der Waals surface area contributed by atoms with Gasteiger partial charge in [-0.25, -0.2) is 8.42 Å². The predicted molar refractivity (Wildman–Crippen MR) is 79.6 cm³/mol. The number of hydrogen-bond acceptors (Lipinski definition) is 5. The lowest BCUT2D eigenvalue weighted by Gasteiger charge is -2.10. The smallest absolute Gasteiger partial charge is 0.239 e. The van der Waals surface area contributed by atoms with Crippen molar-refractivity contribution in [2.45, 2.75) is 19.8 Å². The highest BCUT2D eigenvalue weighted by Gasteiger charge is 2.16. The molecule has 1 aromatic rings. The third-order valence-electron chi connectivity index (χ3n) is 2.69. The van der Waals surface area contributed by atoms with Crippen LogP contribution in [0.25, 0.3) is 0 Å². The normalized spacial score (nSPS) is 11.1. The Hall–Kier alpha value is -1.76. The van der Waals surface area contributed by atoms with Gasteiger partial charge < -0.3 is 15.8 Å². The minimum Gasteiger partial charge on any atom is -0.497 e. The zero-order chi connectivity index (χ0) is 15.2. The summed E-state index contributed by atoms with van der Waals surface area (Å²) in [5.41, 5.74) is 6.44. The Morgan fingerprint density at radius 3 is 2.65 bits per heavy atom. The van der Waals surface area contributed by atoms with Crippen LogP contribution in [0.4, 0.5) is 11.4 Å². The molecule has 0 aliphatic heterocycles. The number of nitrogens with two attached hydrogens (primary N) is 1. The van der Waals surface area contributed by atoms with Gasteiger partial charge in [0.15, 0.2) is 9.84 Å². The van der Waals surface area contributed by atoms with Gasteiger partial charge in [-0.15, -0.1) is 0 Å².